The summed E-state index contributed by atoms with van der Waals surface area (Å²) in [4.78, 5) is 73.4. The predicted octanol–water partition coefficient (Wildman–Crippen LogP) is 28.5. The van der Waals surface area contributed by atoms with Crippen molar-refractivity contribution in [2.24, 2.45) is 0 Å². The maximum absolute atomic E-state index is 13.2. The third-order valence-corrected chi connectivity index (χ3v) is 23.5. The Labute approximate surface area is 677 Å². The quantitative estimate of drug-likeness (QED) is 0.0222. The van der Waals surface area contributed by atoms with Gasteiger partial charge in [0.25, 0.3) is 0 Å². The van der Waals surface area contributed by atoms with Gasteiger partial charge in [0.05, 0.1) is 26.4 Å². The summed E-state index contributed by atoms with van der Waals surface area (Å²) in [6.07, 6.45) is 82.0. The summed E-state index contributed by atoms with van der Waals surface area (Å²) >= 11 is 0. The Bertz CT molecular complexity index is 2070. The molecule has 0 bridgehead atoms. The lowest BCUT2D eigenvalue weighted by molar-refractivity contribution is -0.161. The summed E-state index contributed by atoms with van der Waals surface area (Å²) in [5.74, 6) is -2.09. The highest BCUT2D eigenvalue weighted by Gasteiger charge is 2.31. The van der Waals surface area contributed by atoms with E-state index in [9.17, 15) is 43.2 Å². The zero-order valence-corrected chi connectivity index (χ0v) is 74.0. The van der Waals surface area contributed by atoms with Gasteiger partial charge in [0.2, 0.25) is 0 Å². The van der Waals surface area contributed by atoms with E-state index in [0.717, 1.165) is 89.9 Å². The molecule has 110 heavy (non-hydrogen) atoms. The van der Waals surface area contributed by atoms with Gasteiger partial charge in [-0.1, -0.05) is 451 Å². The Morgan fingerprint density at radius 1 is 0.218 bits per heavy atom. The number of unbranched alkanes of at least 4 members (excludes halogenated alkanes) is 66. The topological polar surface area (TPSA) is 237 Å². The monoisotopic (exact) mass is 1610 g/mol. The van der Waals surface area contributed by atoms with Gasteiger partial charge < -0.3 is 33.8 Å². The molecular formula is C91H178O17P2. The first-order valence-electron chi connectivity index (χ1n) is 47.3. The van der Waals surface area contributed by atoms with Crippen LogP contribution in [-0.4, -0.2) is 96.7 Å². The fraction of sp³-hybridized carbons (Fsp3) is 0.956. The second kappa shape index (κ2) is 85.0. The summed E-state index contributed by atoms with van der Waals surface area (Å²) in [6, 6.07) is 0. The van der Waals surface area contributed by atoms with E-state index >= 15 is 0 Å². The van der Waals surface area contributed by atoms with Crippen LogP contribution in [-0.2, 0) is 65.4 Å². The van der Waals surface area contributed by atoms with E-state index in [4.69, 9.17) is 37.0 Å². The Morgan fingerprint density at radius 3 is 0.536 bits per heavy atom. The first kappa shape index (κ1) is 108. The van der Waals surface area contributed by atoms with E-state index in [0.29, 0.717) is 25.7 Å². The molecule has 3 N–H and O–H groups in total. The molecule has 2 unspecified atom stereocenters. The zero-order chi connectivity index (χ0) is 80.3. The molecular weight excluding hydrogens is 1430 g/mol. The maximum Gasteiger partial charge on any atom is 0.472 e. The number of aliphatic hydroxyl groups is 1. The molecule has 0 saturated heterocycles. The molecule has 5 atom stereocenters. The number of rotatable bonds is 92. The SMILES string of the molecule is CCCCCCCCCCCCCCCCCCCCCCC(=O)OC[C@H](COP(=O)(O)OC[C@@H](O)COP(=O)(O)OC[C@@H](COC(=O)CCCCCCCCCCCCCC)OC(=O)CCCCCCCCCCCCCCCCCCCC)OC(=O)CCCCCCCCCCCCCCCCCCCCCC. The molecule has 0 heterocycles. The van der Waals surface area contributed by atoms with E-state index in [1.807, 2.05) is 0 Å². The number of phosphoric ester groups is 2. The van der Waals surface area contributed by atoms with Crippen LogP contribution < -0.4 is 0 Å². The molecule has 0 aliphatic rings. The second-order valence-corrected chi connectivity index (χ2v) is 35.6. The highest BCUT2D eigenvalue weighted by atomic mass is 31.2. The summed E-state index contributed by atoms with van der Waals surface area (Å²) in [7, 11) is -9.93. The zero-order valence-electron chi connectivity index (χ0n) is 72.3. The molecule has 19 heteroatoms. The fourth-order valence-corrected chi connectivity index (χ4v) is 16.0. The van der Waals surface area contributed by atoms with Gasteiger partial charge in [-0.15, -0.1) is 0 Å². The van der Waals surface area contributed by atoms with E-state index in [2.05, 4.69) is 27.7 Å². The second-order valence-electron chi connectivity index (χ2n) is 32.7. The minimum absolute atomic E-state index is 0.110. The highest BCUT2D eigenvalue weighted by Crippen LogP contribution is 2.45. The van der Waals surface area contributed by atoms with Gasteiger partial charge in [0.15, 0.2) is 12.2 Å². The largest absolute Gasteiger partial charge is 0.472 e. The fourth-order valence-electron chi connectivity index (χ4n) is 14.4. The average molecular weight is 1610 g/mol. The van der Waals surface area contributed by atoms with Crippen LogP contribution in [0.25, 0.3) is 0 Å². The van der Waals surface area contributed by atoms with E-state index < -0.39 is 97.5 Å². The first-order chi connectivity index (χ1) is 53.7. The van der Waals surface area contributed by atoms with Crippen LogP contribution >= 0.6 is 15.6 Å². The lowest BCUT2D eigenvalue weighted by Crippen LogP contribution is -2.30. The molecule has 654 valence electrons. The summed E-state index contributed by atoms with van der Waals surface area (Å²) in [5, 5.41) is 10.7. The third-order valence-electron chi connectivity index (χ3n) is 21.6. The molecule has 0 saturated carbocycles. The van der Waals surface area contributed by atoms with Crippen molar-refractivity contribution in [1.29, 1.82) is 0 Å². The number of phosphoric acid groups is 2. The van der Waals surface area contributed by atoms with E-state index in [1.165, 1.54) is 334 Å². The molecule has 0 aliphatic heterocycles. The molecule has 0 amide bonds. The van der Waals surface area contributed by atoms with Crippen LogP contribution in [0.15, 0.2) is 0 Å². The lowest BCUT2D eigenvalue weighted by atomic mass is 10.0. The molecule has 0 aliphatic carbocycles. The van der Waals surface area contributed by atoms with Crippen molar-refractivity contribution < 1.29 is 80.2 Å². The van der Waals surface area contributed by atoms with Gasteiger partial charge in [-0.25, -0.2) is 9.13 Å². The van der Waals surface area contributed by atoms with E-state index in [-0.39, 0.29) is 25.7 Å². The van der Waals surface area contributed by atoms with Gasteiger partial charge in [-0.2, -0.15) is 0 Å². The number of hydrogen-bond acceptors (Lipinski definition) is 15. The molecule has 0 spiro atoms. The van der Waals surface area contributed by atoms with Crippen LogP contribution in [0.1, 0.15) is 503 Å². The van der Waals surface area contributed by atoms with Crippen LogP contribution in [0.3, 0.4) is 0 Å². The van der Waals surface area contributed by atoms with Gasteiger partial charge in [-0.3, -0.25) is 37.3 Å². The summed E-state index contributed by atoms with van der Waals surface area (Å²) in [5.41, 5.74) is 0. The predicted molar refractivity (Wildman–Crippen MR) is 455 cm³/mol. The number of ether oxygens (including phenoxy) is 4. The summed E-state index contributed by atoms with van der Waals surface area (Å²) in [6.45, 7) is 5.09. The Morgan fingerprint density at radius 2 is 0.364 bits per heavy atom. The molecule has 0 aromatic rings. The normalized spacial score (nSPS) is 13.6. The molecule has 0 fully saturated rings. The van der Waals surface area contributed by atoms with Gasteiger partial charge in [0, 0.05) is 25.7 Å². The molecule has 0 radical (unpaired) electrons. The molecule has 17 nitrogen and oxygen atoms in total. The van der Waals surface area contributed by atoms with Crippen molar-refractivity contribution in [2.75, 3.05) is 39.6 Å². The maximum atomic E-state index is 13.2. The van der Waals surface area contributed by atoms with Crippen LogP contribution in [0.4, 0.5) is 0 Å². The van der Waals surface area contributed by atoms with Gasteiger partial charge >= 0.3 is 39.5 Å². The minimum atomic E-state index is -4.97. The standard InChI is InChI=1S/C91H178O17P2/c1-5-9-13-17-21-25-29-33-36-39-42-44-47-49-52-56-60-64-68-72-76-89(94)102-82-87(108-91(96)78-74-70-66-62-58-54-51-48-45-43-40-37-34-30-26-22-18-14-10-6-2)84-106-110(99,100)104-80-85(92)79-103-109(97,98)105-83-86(81-101-88(93)75-71-67-63-59-55-32-28-24-20-16-12-8-4)107-90(95)77-73-69-65-61-57-53-50-46-41-38-35-31-27-23-19-15-11-7-3/h85-87,92H,5-84H2,1-4H3,(H,97,98)(H,99,100)/t85-,86+,87+/m0/s1. The van der Waals surface area contributed by atoms with E-state index in [1.54, 1.807) is 0 Å². The molecule has 0 rings (SSSR count). The first-order valence-corrected chi connectivity index (χ1v) is 50.3. The number of hydrogen-bond donors (Lipinski definition) is 3. The van der Waals surface area contributed by atoms with Crippen LogP contribution in [0.5, 0.6) is 0 Å². The van der Waals surface area contributed by atoms with Gasteiger partial charge in [0.1, 0.15) is 19.3 Å². The molecule has 0 aromatic heterocycles. The van der Waals surface area contributed by atoms with Gasteiger partial charge in [-0.05, 0) is 25.7 Å². The summed E-state index contributed by atoms with van der Waals surface area (Å²) < 4.78 is 69.1. The Kier molecular flexibility index (Phi) is 83.5. The van der Waals surface area contributed by atoms with Crippen molar-refractivity contribution in [3.05, 3.63) is 0 Å². The average Bonchev–Trinajstić information content (AvgIpc) is 0.905. The number of aliphatic hydroxyl groups excluding tert-OH is 1. The number of carbonyl (C=O) groups is 4. The number of carbonyl (C=O) groups excluding carboxylic acids is 4. The molecule has 0 aromatic carbocycles. The smallest absolute Gasteiger partial charge is 0.462 e. The van der Waals surface area contributed by atoms with Crippen molar-refractivity contribution in [3.63, 3.8) is 0 Å². The van der Waals surface area contributed by atoms with Crippen LogP contribution in [0, 0.1) is 0 Å². The van der Waals surface area contributed by atoms with Crippen LogP contribution in [0.2, 0.25) is 0 Å². The highest BCUT2D eigenvalue weighted by molar-refractivity contribution is 7.47. The van der Waals surface area contributed by atoms with Crippen molar-refractivity contribution in [3.8, 4) is 0 Å². The minimum Gasteiger partial charge on any atom is -0.462 e. The Balaban J connectivity index is 5.24. The lowest BCUT2D eigenvalue weighted by Gasteiger charge is -2.21. The van der Waals surface area contributed by atoms with Crippen molar-refractivity contribution in [2.45, 2.75) is 521 Å². The van der Waals surface area contributed by atoms with Crippen molar-refractivity contribution >= 4 is 39.5 Å². The van der Waals surface area contributed by atoms with Crippen molar-refractivity contribution in [1.82, 2.24) is 0 Å². The number of esters is 4. The third kappa shape index (κ3) is 84.0. The Hall–Kier alpha value is -1.94.